The van der Waals surface area contributed by atoms with Gasteiger partial charge in [0.05, 0.1) is 17.6 Å². The number of rotatable bonds is 5. The molecule has 2 aromatic carbocycles. The summed E-state index contributed by atoms with van der Waals surface area (Å²) in [4.78, 5) is 30.7. The van der Waals surface area contributed by atoms with Crippen molar-refractivity contribution in [3.05, 3.63) is 57.9 Å². The van der Waals surface area contributed by atoms with Gasteiger partial charge in [0.15, 0.2) is 5.43 Å². The van der Waals surface area contributed by atoms with Gasteiger partial charge in [0, 0.05) is 22.9 Å². The number of phosphoric ester groups is 1. The Morgan fingerprint density at radius 1 is 1.14 bits per heavy atom. The molecule has 28 heavy (non-hydrogen) atoms. The van der Waals surface area contributed by atoms with Crippen LogP contribution in [0.4, 0.5) is 4.39 Å². The molecular formula is C17H13FN3O5PS. The fourth-order valence-corrected chi connectivity index (χ4v) is 3.94. The normalized spacial score (nSPS) is 12.1. The second-order valence-electron chi connectivity index (χ2n) is 5.94. The lowest BCUT2D eigenvalue weighted by atomic mass is 10.1. The van der Waals surface area contributed by atoms with Gasteiger partial charge in [-0.25, -0.2) is 8.96 Å². The highest BCUT2D eigenvalue weighted by molar-refractivity contribution is 7.46. The van der Waals surface area contributed by atoms with Gasteiger partial charge in [0.25, 0.3) is 0 Å². The van der Waals surface area contributed by atoms with Gasteiger partial charge in [-0.05, 0) is 30.3 Å². The topological polar surface area (TPSA) is 115 Å². The Morgan fingerprint density at radius 2 is 1.96 bits per heavy atom. The zero-order valence-electron chi connectivity index (χ0n) is 14.1. The molecule has 0 unspecified atom stereocenters. The first kappa shape index (κ1) is 18.9. The highest BCUT2D eigenvalue weighted by Gasteiger charge is 2.16. The largest absolute Gasteiger partial charge is 0.469 e. The third-order valence-electron chi connectivity index (χ3n) is 4.21. The average molecular weight is 421 g/mol. The van der Waals surface area contributed by atoms with Crippen LogP contribution in [0.3, 0.4) is 0 Å². The maximum atomic E-state index is 13.7. The number of pyridine rings is 1. The number of phosphoric acid groups is 1. The van der Waals surface area contributed by atoms with E-state index < -0.39 is 13.6 Å². The summed E-state index contributed by atoms with van der Waals surface area (Å²) in [6.45, 7) is -0.249. The van der Waals surface area contributed by atoms with Gasteiger partial charge in [-0.1, -0.05) is 17.4 Å². The summed E-state index contributed by atoms with van der Waals surface area (Å²) in [5.41, 5.74) is 2.94. The first-order valence-corrected chi connectivity index (χ1v) is 10.5. The lowest BCUT2D eigenvalue weighted by Crippen LogP contribution is -2.14. The van der Waals surface area contributed by atoms with Gasteiger partial charge in [-0.15, -0.1) is 10.2 Å². The standard InChI is InChI=1S/C17H13FN3O5PS/c18-11-2-4-14-13(8-11)16(22)12-3-1-10(17-20-19-9-28-17)7-15(12)21(14)5-6-26-27(23,24)25/h1-4,7-9H,5-6H2,(H2,23,24,25). The number of benzene rings is 2. The van der Waals surface area contributed by atoms with Crippen LogP contribution in [0.5, 0.6) is 0 Å². The molecule has 0 aliphatic rings. The van der Waals surface area contributed by atoms with Crippen molar-refractivity contribution < 1.29 is 23.3 Å². The van der Waals surface area contributed by atoms with Crippen molar-refractivity contribution >= 4 is 41.0 Å². The molecule has 11 heteroatoms. The third-order valence-corrected chi connectivity index (χ3v) is 5.47. The van der Waals surface area contributed by atoms with E-state index in [9.17, 15) is 13.8 Å². The Morgan fingerprint density at radius 3 is 2.68 bits per heavy atom. The molecule has 2 heterocycles. The van der Waals surface area contributed by atoms with Crippen molar-refractivity contribution in [1.29, 1.82) is 0 Å². The minimum absolute atomic E-state index is 0.0452. The van der Waals surface area contributed by atoms with E-state index in [1.807, 2.05) is 0 Å². The molecule has 2 aromatic heterocycles. The number of nitrogens with zero attached hydrogens (tertiary/aromatic N) is 3. The molecule has 0 saturated carbocycles. The molecule has 144 valence electrons. The number of halogens is 1. The average Bonchev–Trinajstić information content (AvgIpc) is 3.18. The molecule has 4 aromatic rings. The number of hydrogen-bond donors (Lipinski definition) is 2. The summed E-state index contributed by atoms with van der Waals surface area (Å²) in [5, 5.41) is 9.01. The van der Waals surface area contributed by atoms with Gasteiger partial charge in [-0.2, -0.15) is 0 Å². The van der Waals surface area contributed by atoms with Crippen molar-refractivity contribution in [2.24, 2.45) is 0 Å². The minimum Gasteiger partial charge on any atom is -0.338 e. The second kappa shape index (κ2) is 7.16. The molecule has 0 radical (unpaired) electrons. The Hall–Kier alpha value is -2.49. The fraction of sp³-hybridized carbons (Fsp3) is 0.118. The summed E-state index contributed by atoms with van der Waals surface area (Å²) in [6.07, 6.45) is 0. The van der Waals surface area contributed by atoms with Crippen LogP contribution in [-0.2, 0) is 15.6 Å². The van der Waals surface area contributed by atoms with Crippen LogP contribution in [-0.4, -0.2) is 31.2 Å². The maximum Gasteiger partial charge on any atom is 0.469 e. The molecule has 0 saturated heterocycles. The summed E-state index contributed by atoms with van der Waals surface area (Å²) in [5.74, 6) is -0.549. The zero-order valence-corrected chi connectivity index (χ0v) is 15.9. The first-order chi connectivity index (χ1) is 13.3. The van der Waals surface area contributed by atoms with Crippen LogP contribution in [0.15, 0.2) is 46.7 Å². The number of aromatic nitrogens is 3. The summed E-state index contributed by atoms with van der Waals surface area (Å²) < 4.78 is 31.0. The first-order valence-electron chi connectivity index (χ1n) is 8.06. The molecule has 0 atom stereocenters. The van der Waals surface area contributed by atoms with E-state index in [1.54, 1.807) is 28.3 Å². The van der Waals surface area contributed by atoms with Gasteiger partial charge in [0.1, 0.15) is 16.3 Å². The van der Waals surface area contributed by atoms with Crippen molar-refractivity contribution in [2.75, 3.05) is 6.61 Å². The highest BCUT2D eigenvalue weighted by atomic mass is 32.1. The molecular weight excluding hydrogens is 408 g/mol. The van der Waals surface area contributed by atoms with Crippen LogP contribution in [0.2, 0.25) is 0 Å². The molecule has 0 spiro atoms. The van der Waals surface area contributed by atoms with E-state index in [0.29, 0.717) is 21.4 Å². The lowest BCUT2D eigenvalue weighted by Gasteiger charge is -2.16. The molecule has 8 nitrogen and oxygen atoms in total. The van der Waals surface area contributed by atoms with Crippen molar-refractivity contribution in [3.8, 4) is 10.6 Å². The SMILES string of the molecule is O=c1c2cc(F)ccc2n(CCOP(=O)(O)O)c2cc(-c3nncs3)ccc12. The Kier molecular flexibility index (Phi) is 4.82. The number of fused-ring (bicyclic) bond motifs is 2. The van der Waals surface area contributed by atoms with Crippen molar-refractivity contribution in [2.45, 2.75) is 6.54 Å². The minimum atomic E-state index is -4.64. The molecule has 2 N–H and O–H groups in total. The molecule has 0 aliphatic carbocycles. The summed E-state index contributed by atoms with van der Waals surface area (Å²) in [6, 6.07) is 8.93. The van der Waals surface area contributed by atoms with E-state index in [4.69, 9.17) is 9.79 Å². The van der Waals surface area contributed by atoms with Crippen LogP contribution in [0.1, 0.15) is 0 Å². The Labute approximate surface area is 161 Å². The maximum absolute atomic E-state index is 13.7. The lowest BCUT2D eigenvalue weighted by molar-refractivity contribution is 0.191. The van der Waals surface area contributed by atoms with E-state index in [-0.39, 0.29) is 24.0 Å². The Balaban J connectivity index is 1.96. The highest BCUT2D eigenvalue weighted by Crippen LogP contribution is 2.35. The molecule has 0 amide bonds. The van der Waals surface area contributed by atoms with E-state index in [2.05, 4.69) is 14.7 Å². The molecule has 0 aliphatic heterocycles. The van der Waals surface area contributed by atoms with E-state index in [1.165, 1.54) is 23.5 Å². The Bertz CT molecular complexity index is 1290. The van der Waals surface area contributed by atoms with Crippen LogP contribution < -0.4 is 5.43 Å². The van der Waals surface area contributed by atoms with E-state index in [0.717, 1.165) is 11.6 Å². The predicted molar refractivity (Wildman–Crippen MR) is 103 cm³/mol. The second-order valence-corrected chi connectivity index (χ2v) is 8.01. The van der Waals surface area contributed by atoms with Crippen molar-refractivity contribution in [3.63, 3.8) is 0 Å². The van der Waals surface area contributed by atoms with Crippen LogP contribution in [0.25, 0.3) is 32.4 Å². The van der Waals surface area contributed by atoms with Gasteiger partial charge < -0.3 is 14.4 Å². The van der Waals surface area contributed by atoms with Gasteiger partial charge in [0.2, 0.25) is 0 Å². The molecule has 4 rings (SSSR count). The van der Waals surface area contributed by atoms with E-state index >= 15 is 0 Å². The zero-order chi connectivity index (χ0) is 19.9. The smallest absolute Gasteiger partial charge is 0.338 e. The monoisotopic (exact) mass is 421 g/mol. The molecule has 0 bridgehead atoms. The summed E-state index contributed by atoms with van der Waals surface area (Å²) >= 11 is 1.33. The van der Waals surface area contributed by atoms with Crippen LogP contribution >= 0.6 is 19.2 Å². The quantitative estimate of drug-likeness (QED) is 0.376. The van der Waals surface area contributed by atoms with Gasteiger partial charge in [-0.3, -0.25) is 9.32 Å². The predicted octanol–water partition coefficient (Wildman–Crippen LogP) is 2.92. The fourth-order valence-electron chi connectivity index (χ4n) is 3.07. The third kappa shape index (κ3) is 3.60. The summed E-state index contributed by atoms with van der Waals surface area (Å²) in [7, 11) is -4.64. The van der Waals surface area contributed by atoms with Crippen LogP contribution in [0, 0.1) is 5.82 Å². The number of hydrogen-bond acceptors (Lipinski definition) is 6. The van der Waals surface area contributed by atoms with Crippen molar-refractivity contribution in [1.82, 2.24) is 14.8 Å². The van der Waals surface area contributed by atoms with Gasteiger partial charge >= 0.3 is 7.82 Å². The molecule has 0 fully saturated rings.